The number of aryl methyl sites for hydroxylation is 3. The Balaban J connectivity index is 1.76. The summed E-state index contributed by atoms with van der Waals surface area (Å²) in [5, 5.41) is 7.23. The topological polar surface area (TPSA) is 81.9 Å². The van der Waals surface area contributed by atoms with Crippen LogP contribution < -0.4 is 10.1 Å². The Morgan fingerprint density at radius 2 is 1.83 bits per heavy atom. The van der Waals surface area contributed by atoms with E-state index in [-0.39, 0.29) is 11.3 Å². The Hall–Kier alpha value is -3.22. The van der Waals surface area contributed by atoms with E-state index < -0.39 is 6.10 Å². The van der Waals surface area contributed by atoms with E-state index in [0.29, 0.717) is 17.4 Å². The third-order valence-electron chi connectivity index (χ3n) is 4.75. The second kappa shape index (κ2) is 8.26. The van der Waals surface area contributed by atoms with Crippen molar-refractivity contribution in [3.8, 4) is 11.6 Å². The molecular formula is C23H29N5O2. The van der Waals surface area contributed by atoms with Crippen molar-refractivity contribution >= 4 is 11.7 Å². The summed E-state index contributed by atoms with van der Waals surface area (Å²) in [7, 11) is 0. The van der Waals surface area contributed by atoms with Crippen molar-refractivity contribution in [3.05, 3.63) is 59.2 Å². The molecule has 1 amide bonds. The summed E-state index contributed by atoms with van der Waals surface area (Å²) in [4.78, 5) is 21.2. The molecule has 3 rings (SSSR count). The van der Waals surface area contributed by atoms with E-state index in [1.807, 2.05) is 39.0 Å². The van der Waals surface area contributed by atoms with Crippen molar-refractivity contribution in [2.45, 2.75) is 60.0 Å². The largest absolute Gasteiger partial charge is 0.481 e. The van der Waals surface area contributed by atoms with Crippen LogP contribution in [0.4, 0.5) is 5.82 Å². The van der Waals surface area contributed by atoms with Gasteiger partial charge in [0.25, 0.3) is 5.91 Å². The van der Waals surface area contributed by atoms with Crippen molar-refractivity contribution in [1.82, 2.24) is 19.7 Å². The lowest BCUT2D eigenvalue weighted by Gasteiger charge is -2.25. The van der Waals surface area contributed by atoms with Crippen molar-refractivity contribution in [2.75, 3.05) is 5.32 Å². The smallest absolute Gasteiger partial charge is 0.266 e. The van der Waals surface area contributed by atoms with Gasteiger partial charge < -0.3 is 10.1 Å². The number of rotatable bonds is 5. The third-order valence-corrected chi connectivity index (χ3v) is 4.75. The van der Waals surface area contributed by atoms with E-state index in [0.717, 1.165) is 22.5 Å². The van der Waals surface area contributed by atoms with Crippen LogP contribution in [0.2, 0.25) is 0 Å². The first-order chi connectivity index (χ1) is 14.0. The SMILES string of the molecule is Cc1ccc(OC(C)C(=O)Nc2cc(-n3nc(C)cc3C)ncn2)c(C(C)(C)C)c1. The zero-order chi connectivity index (χ0) is 22.1. The van der Waals surface area contributed by atoms with Crippen LogP contribution in [0.1, 0.15) is 50.2 Å². The molecule has 158 valence electrons. The molecule has 3 aromatic rings. The van der Waals surface area contributed by atoms with Gasteiger partial charge in [-0.15, -0.1) is 0 Å². The van der Waals surface area contributed by atoms with Crippen LogP contribution in [0.25, 0.3) is 5.82 Å². The number of nitrogens with zero attached hydrogens (tertiary/aromatic N) is 4. The zero-order valence-corrected chi connectivity index (χ0v) is 18.6. The quantitative estimate of drug-likeness (QED) is 0.682. The van der Waals surface area contributed by atoms with Crippen LogP contribution in [0.5, 0.6) is 5.75 Å². The molecule has 0 saturated heterocycles. The first kappa shape index (κ1) is 21.5. The average molecular weight is 408 g/mol. The van der Waals surface area contributed by atoms with Crippen molar-refractivity contribution in [3.63, 3.8) is 0 Å². The molecule has 0 saturated carbocycles. The van der Waals surface area contributed by atoms with E-state index in [1.165, 1.54) is 6.33 Å². The first-order valence-electron chi connectivity index (χ1n) is 9.99. The molecule has 7 heteroatoms. The van der Waals surface area contributed by atoms with Gasteiger partial charge in [-0.1, -0.05) is 38.5 Å². The number of carbonyl (C=O) groups is 1. The lowest BCUT2D eigenvalue weighted by Crippen LogP contribution is -2.31. The number of benzene rings is 1. The van der Waals surface area contributed by atoms with E-state index in [2.05, 4.69) is 47.2 Å². The van der Waals surface area contributed by atoms with E-state index in [9.17, 15) is 4.79 Å². The lowest BCUT2D eigenvalue weighted by molar-refractivity contribution is -0.122. The van der Waals surface area contributed by atoms with Crippen LogP contribution in [0.3, 0.4) is 0 Å². The maximum Gasteiger partial charge on any atom is 0.266 e. The number of ether oxygens (including phenoxy) is 1. The van der Waals surface area contributed by atoms with E-state index >= 15 is 0 Å². The molecule has 7 nitrogen and oxygen atoms in total. The molecule has 0 spiro atoms. The Morgan fingerprint density at radius 1 is 1.10 bits per heavy atom. The molecule has 1 atom stereocenters. The minimum atomic E-state index is -0.694. The summed E-state index contributed by atoms with van der Waals surface area (Å²) in [5.74, 6) is 1.41. The summed E-state index contributed by atoms with van der Waals surface area (Å²) in [6.45, 7) is 14.0. The van der Waals surface area contributed by atoms with Gasteiger partial charge in [0.1, 0.15) is 17.9 Å². The minimum absolute atomic E-state index is 0.0984. The van der Waals surface area contributed by atoms with Gasteiger partial charge in [-0.3, -0.25) is 4.79 Å². The molecule has 0 fully saturated rings. The van der Waals surface area contributed by atoms with Gasteiger partial charge in [-0.05, 0) is 50.8 Å². The fourth-order valence-corrected chi connectivity index (χ4v) is 3.20. The number of hydrogen-bond acceptors (Lipinski definition) is 5. The van der Waals surface area contributed by atoms with E-state index in [1.54, 1.807) is 17.7 Å². The number of amides is 1. The number of hydrogen-bond donors (Lipinski definition) is 1. The Morgan fingerprint density at radius 3 is 2.47 bits per heavy atom. The second-order valence-electron chi connectivity index (χ2n) is 8.60. The molecule has 0 aliphatic rings. The van der Waals surface area contributed by atoms with E-state index in [4.69, 9.17) is 4.74 Å². The summed E-state index contributed by atoms with van der Waals surface area (Å²) in [5.41, 5.74) is 3.97. The number of aromatic nitrogens is 4. The molecule has 0 aliphatic heterocycles. The Kier molecular flexibility index (Phi) is 5.92. The fourth-order valence-electron chi connectivity index (χ4n) is 3.20. The van der Waals surface area contributed by atoms with Gasteiger partial charge in [-0.2, -0.15) is 5.10 Å². The Labute approximate surface area is 177 Å². The molecule has 30 heavy (non-hydrogen) atoms. The predicted octanol–water partition coefficient (Wildman–Crippen LogP) is 4.29. The number of carbonyl (C=O) groups excluding carboxylic acids is 1. The highest BCUT2D eigenvalue weighted by Crippen LogP contribution is 2.32. The van der Waals surface area contributed by atoms with Gasteiger partial charge in [0.15, 0.2) is 11.9 Å². The van der Waals surface area contributed by atoms with Crippen molar-refractivity contribution in [1.29, 1.82) is 0 Å². The summed E-state index contributed by atoms with van der Waals surface area (Å²) in [6, 6.07) is 9.66. The maximum atomic E-state index is 12.7. The molecule has 2 aromatic heterocycles. The van der Waals surface area contributed by atoms with Gasteiger partial charge >= 0.3 is 0 Å². The second-order valence-corrected chi connectivity index (χ2v) is 8.60. The molecule has 1 aromatic carbocycles. The third kappa shape index (κ3) is 4.84. The van der Waals surface area contributed by atoms with Crippen LogP contribution >= 0.6 is 0 Å². The fraction of sp³-hybridized carbons (Fsp3) is 0.391. The van der Waals surface area contributed by atoms with Crippen molar-refractivity contribution < 1.29 is 9.53 Å². The van der Waals surface area contributed by atoms with Crippen LogP contribution in [-0.4, -0.2) is 31.8 Å². The van der Waals surface area contributed by atoms with Crippen LogP contribution in [0.15, 0.2) is 36.7 Å². The monoisotopic (exact) mass is 407 g/mol. The normalized spacial score (nSPS) is 12.5. The summed E-state index contributed by atoms with van der Waals surface area (Å²) in [6.07, 6.45) is 0.714. The van der Waals surface area contributed by atoms with Crippen LogP contribution in [0, 0.1) is 20.8 Å². The zero-order valence-electron chi connectivity index (χ0n) is 18.6. The lowest BCUT2D eigenvalue weighted by atomic mass is 9.85. The maximum absolute atomic E-state index is 12.7. The molecule has 0 radical (unpaired) electrons. The molecule has 0 bridgehead atoms. The summed E-state index contributed by atoms with van der Waals surface area (Å²) < 4.78 is 7.74. The highest BCUT2D eigenvalue weighted by atomic mass is 16.5. The van der Waals surface area contributed by atoms with Gasteiger partial charge in [0.05, 0.1) is 5.69 Å². The number of anilines is 1. The van der Waals surface area contributed by atoms with Gasteiger partial charge in [-0.25, -0.2) is 14.6 Å². The minimum Gasteiger partial charge on any atom is -0.481 e. The first-order valence-corrected chi connectivity index (χ1v) is 9.99. The van der Waals surface area contributed by atoms with Crippen molar-refractivity contribution in [2.24, 2.45) is 0 Å². The highest BCUT2D eigenvalue weighted by Gasteiger charge is 2.23. The van der Waals surface area contributed by atoms with Gasteiger partial charge in [0.2, 0.25) is 0 Å². The summed E-state index contributed by atoms with van der Waals surface area (Å²) >= 11 is 0. The standard InChI is InChI=1S/C23H29N5O2/c1-14-8-9-19(18(10-14)23(5,6)7)30-17(4)22(29)26-20-12-21(25-13-24-20)28-16(3)11-15(2)27-28/h8-13,17H,1-7H3,(H,24,25,26,29). The molecule has 1 unspecified atom stereocenters. The Bertz CT molecular complexity index is 1070. The van der Waals surface area contributed by atoms with Crippen LogP contribution in [-0.2, 0) is 10.2 Å². The number of nitrogens with one attached hydrogen (secondary N) is 1. The predicted molar refractivity (Wildman–Crippen MR) is 117 cm³/mol. The average Bonchev–Trinajstić information content (AvgIpc) is 3.00. The molecule has 1 N–H and O–H groups in total. The highest BCUT2D eigenvalue weighted by molar-refractivity contribution is 5.93. The molecule has 0 aliphatic carbocycles. The molecular weight excluding hydrogens is 378 g/mol. The molecule has 2 heterocycles. The van der Waals surface area contributed by atoms with Gasteiger partial charge in [0, 0.05) is 11.8 Å².